The Balaban J connectivity index is 2.36. The maximum atomic E-state index is 5.77. The molecule has 1 fully saturated rings. The Morgan fingerprint density at radius 3 is 2.69 bits per heavy atom. The molecule has 0 bridgehead atoms. The lowest BCUT2D eigenvalue weighted by Crippen LogP contribution is -2.34. The number of benzene rings is 1. The van der Waals surface area contributed by atoms with Crippen molar-refractivity contribution in [3.63, 3.8) is 0 Å². The summed E-state index contributed by atoms with van der Waals surface area (Å²) >= 11 is 7.11. The highest BCUT2D eigenvalue weighted by molar-refractivity contribution is 7.99. The van der Waals surface area contributed by atoms with Crippen LogP contribution in [0.15, 0.2) is 18.2 Å². The van der Waals surface area contributed by atoms with Gasteiger partial charge >= 0.3 is 0 Å². The van der Waals surface area contributed by atoms with Crippen LogP contribution >= 0.6 is 24.0 Å². The zero-order chi connectivity index (χ0) is 11.5. The molecule has 1 saturated heterocycles. The lowest BCUT2D eigenvalue weighted by molar-refractivity contribution is 0.857. The number of aryl methyl sites for hydroxylation is 1. The lowest BCUT2D eigenvalue weighted by Gasteiger charge is -2.30. The van der Waals surface area contributed by atoms with E-state index in [4.69, 9.17) is 18.0 Å². The molecule has 0 aliphatic carbocycles. The van der Waals surface area contributed by atoms with E-state index in [9.17, 15) is 0 Å². The van der Waals surface area contributed by atoms with Crippen molar-refractivity contribution < 1.29 is 0 Å². The molecule has 16 heavy (non-hydrogen) atoms. The van der Waals surface area contributed by atoms with Gasteiger partial charge in [0.1, 0.15) is 4.99 Å². The van der Waals surface area contributed by atoms with Crippen molar-refractivity contribution in [1.82, 2.24) is 0 Å². The molecule has 2 nitrogen and oxygen atoms in total. The van der Waals surface area contributed by atoms with Gasteiger partial charge in [0.2, 0.25) is 0 Å². The van der Waals surface area contributed by atoms with Crippen LogP contribution in [0.4, 0.5) is 5.69 Å². The van der Waals surface area contributed by atoms with Gasteiger partial charge in [-0.25, -0.2) is 0 Å². The molecule has 0 unspecified atom stereocenters. The van der Waals surface area contributed by atoms with E-state index >= 15 is 0 Å². The van der Waals surface area contributed by atoms with Crippen molar-refractivity contribution >= 4 is 34.7 Å². The monoisotopic (exact) mass is 252 g/mol. The van der Waals surface area contributed by atoms with Crippen LogP contribution in [0.2, 0.25) is 0 Å². The molecule has 0 radical (unpaired) electrons. The van der Waals surface area contributed by atoms with Crippen LogP contribution in [0.5, 0.6) is 0 Å². The van der Waals surface area contributed by atoms with Crippen LogP contribution in [0.1, 0.15) is 11.1 Å². The van der Waals surface area contributed by atoms with Gasteiger partial charge in [-0.15, -0.1) is 0 Å². The lowest BCUT2D eigenvalue weighted by atomic mass is 10.1. The third-order valence-electron chi connectivity index (χ3n) is 2.77. The normalized spacial score (nSPS) is 16.2. The largest absolute Gasteiger partial charge is 0.389 e. The Kier molecular flexibility index (Phi) is 3.71. The molecule has 0 amide bonds. The molecule has 1 aromatic carbocycles. The summed E-state index contributed by atoms with van der Waals surface area (Å²) in [6.07, 6.45) is 0. The van der Waals surface area contributed by atoms with Crippen molar-refractivity contribution in [2.24, 2.45) is 5.73 Å². The fraction of sp³-hybridized carbons (Fsp3) is 0.417. The van der Waals surface area contributed by atoms with Crippen LogP contribution in [-0.4, -0.2) is 29.6 Å². The standard InChI is InChI=1S/C12H16N2S2/c1-9-2-3-10(12(13)15)11(8-9)14-4-6-16-7-5-14/h2-3,8H,4-7H2,1H3,(H2,13,15). The summed E-state index contributed by atoms with van der Waals surface area (Å²) < 4.78 is 0. The van der Waals surface area contributed by atoms with E-state index in [1.54, 1.807) is 0 Å². The molecule has 1 heterocycles. The summed E-state index contributed by atoms with van der Waals surface area (Å²) in [5.74, 6) is 2.37. The van der Waals surface area contributed by atoms with Crippen LogP contribution in [0, 0.1) is 6.92 Å². The maximum absolute atomic E-state index is 5.77. The van der Waals surface area contributed by atoms with E-state index in [0.29, 0.717) is 4.99 Å². The fourth-order valence-electron chi connectivity index (χ4n) is 1.92. The van der Waals surface area contributed by atoms with Crippen molar-refractivity contribution in [1.29, 1.82) is 0 Å². The molecule has 1 aliphatic heterocycles. The van der Waals surface area contributed by atoms with Crippen LogP contribution < -0.4 is 10.6 Å². The van der Waals surface area contributed by atoms with E-state index in [1.807, 2.05) is 17.8 Å². The number of thioether (sulfide) groups is 1. The average Bonchev–Trinajstić information content (AvgIpc) is 2.29. The van der Waals surface area contributed by atoms with Crippen molar-refractivity contribution in [3.05, 3.63) is 29.3 Å². The highest BCUT2D eigenvalue weighted by Gasteiger charge is 2.15. The van der Waals surface area contributed by atoms with E-state index in [1.165, 1.54) is 22.8 Å². The number of nitrogens with zero attached hydrogens (tertiary/aromatic N) is 1. The van der Waals surface area contributed by atoms with Gasteiger partial charge in [0.25, 0.3) is 0 Å². The van der Waals surface area contributed by atoms with Gasteiger partial charge in [-0.3, -0.25) is 0 Å². The molecule has 2 N–H and O–H groups in total. The second-order valence-electron chi connectivity index (χ2n) is 3.98. The molecule has 1 aromatic rings. The van der Waals surface area contributed by atoms with Gasteiger partial charge in [-0.05, 0) is 24.6 Å². The van der Waals surface area contributed by atoms with Gasteiger partial charge in [0.05, 0.1) is 0 Å². The smallest absolute Gasteiger partial charge is 0.106 e. The zero-order valence-corrected chi connectivity index (χ0v) is 11.0. The topological polar surface area (TPSA) is 29.3 Å². The molecule has 2 rings (SSSR count). The summed E-state index contributed by atoms with van der Waals surface area (Å²) in [5, 5.41) is 0. The number of nitrogens with two attached hydrogens (primary N) is 1. The van der Waals surface area contributed by atoms with Gasteiger partial charge in [-0.2, -0.15) is 11.8 Å². The second-order valence-corrected chi connectivity index (χ2v) is 5.65. The van der Waals surface area contributed by atoms with Crippen molar-refractivity contribution in [2.75, 3.05) is 29.5 Å². The number of thiocarbonyl (C=S) groups is 1. The Bertz CT molecular complexity index is 398. The fourth-order valence-corrected chi connectivity index (χ4v) is 2.99. The summed E-state index contributed by atoms with van der Waals surface area (Å²) in [6.45, 7) is 4.28. The Morgan fingerprint density at radius 2 is 2.06 bits per heavy atom. The first-order chi connectivity index (χ1) is 7.68. The maximum Gasteiger partial charge on any atom is 0.106 e. The highest BCUT2D eigenvalue weighted by atomic mass is 32.2. The third kappa shape index (κ3) is 2.50. The molecule has 1 aliphatic rings. The van der Waals surface area contributed by atoms with Crippen LogP contribution in [0.3, 0.4) is 0 Å². The van der Waals surface area contributed by atoms with Crippen LogP contribution in [-0.2, 0) is 0 Å². The first kappa shape index (κ1) is 11.7. The molecule has 86 valence electrons. The summed E-state index contributed by atoms with van der Waals surface area (Å²) in [5.41, 5.74) is 9.24. The molecular weight excluding hydrogens is 236 g/mol. The van der Waals surface area contributed by atoms with Gasteiger partial charge < -0.3 is 10.6 Å². The average molecular weight is 252 g/mol. The van der Waals surface area contributed by atoms with Crippen LogP contribution in [0.25, 0.3) is 0 Å². The van der Waals surface area contributed by atoms with E-state index in [0.717, 1.165) is 18.7 Å². The number of rotatable bonds is 2. The highest BCUT2D eigenvalue weighted by Crippen LogP contribution is 2.25. The summed E-state index contributed by atoms with van der Waals surface area (Å²) in [6, 6.07) is 6.29. The Morgan fingerprint density at radius 1 is 1.38 bits per heavy atom. The van der Waals surface area contributed by atoms with Crippen molar-refractivity contribution in [3.8, 4) is 0 Å². The first-order valence-electron chi connectivity index (χ1n) is 5.41. The number of hydrogen-bond donors (Lipinski definition) is 1. The molecule has 0 aromatic heterocycles. The second kappa shape index (κ2) is 5.06. The van der Waals surface area contributed by atoms with Gasteiger partial charge in [-0.1, -0.05) is 18.3 Å². The molecule has 0 saturated carbocycles. The van der Waals surface area contributed by atoms with Gasteiger partial charge in [0.15, 0.2) is 0 Å². The molecular formula is C12H16N2S2. The van der Waals surface area contributed by atoms with E-state index in [-0.39, 0.29) is 0 Å². The zero-order valence-electron chi connectivity index (χ0n) is 9.40. The SMILES string of the molecule is Cc1ccc(C(N)=S)c(N2CCSCC2)c1. The summed E-state index contributed by atoms with van der Waals surface area (Å²) in [4.78, 5) is 2.88. The molecule has 0 atom stereocenters. The van der Waals surface area contributed by atoms with E-state index in [2.05, 4.69) is 24.0 Å². The predicted molar refractivity (Wildman–Crippen MR) is 76.6 cm³/mol. The third-order valence-corrected chi connectivity index (χ3v) is 3.93. The molecule has 4 heteroatoms. The number of hydrogen-bond acceptors (Lipinski definition) is 3. The molecule has 0 spiro atoms. The Hall–Kier alpha value is -0.740. The first-order valence-corrected chi connectivity index (χ1v) is 6.98. The minimum Gasteiger partial charge on any atom is -0.389 e. The Labute approximate surface area is 106 Å². The predicted octanol–water partition coefficient (Wildman–Crippen LogP) is 2.18. The minimum atomic E-state index is 0.494. The van der Waals surface area contributed by atoms with E-state index < -0.39 is 0 Å². The quantitative estimate of drug-likeness (QED) is 0.817. The van der Waals surface area contributed by atoms with Gasteiger partial charge in [0, 0.05) is 35.8 Å². The summed E-state index contributed by atoms with van der Waals surface area (Å²) in [7, 11) is 0. The van der Waals surface area contributed by atoms with Crippen molar-refractivity contribution in [2.45, 2.75) is 6.92 Å². The minimum absolute atomic E-state index is 0.494. The number of anilines is 1.